The van der Waals surface area contributed by atoms with Gasteiger partial charge in [-0.3, -0.25) is 0 Å². The van der Waals surface area contributed by atoms with E-state index < -0.39 is 0 Å². The predicted octanol–water partition coefficient (Wildman–Crippen LogP) is 8.64. The molecule has 1 heteroatoms. The number of hydrogen-bond acceptors (Lipinski definition) is 1. The van der Waals surface area contributed by atoms with Crippen molar-refractivity contribution in [2.45, 2.75) is 67.8 Å². The van der Waals surface area contributed by atoms with Crippen LogP contribution in [0.25, 0.3) is 0 Å². The Morgan fingerprint density at radius 3 is 1.28 bits per heavy atom. The van der Waals surface area contributed by atoms with E-state index in [2.05, 4.69) is 135 Å². The third-order valence-corrected chi connectivity index (χ3v) is 8.95. The summed E-state index contributed by atoms with van der Waals surface area (Å²) in [5.41, 5.74) is 4.08. The summed E-state index contributed by atoms with van der Waals surface area (Å²) in [4.78, 5) is 0. The fourth-order valence-corrected chi connectivity index (χ4v) is 8.07. The average Bonchev–Trinajstić information content (AvgIpc) is 2.90. The van der Waals surface area contributed by atoms with Gasteiger partial charge in [0, 0.05) is 5.41 Å². The van der Waals surface area contributed by atoms with Crippen LogP contribution in [0.3, 0.4) is 0 Å². The highest BCUT2D eigenvalue weighted by Gasteiger charge is 2.62. The molecule has 0 amide bonds. The van der Waals surface area contributed by atoms with E-state index in [0.717, 1.165) is 37.9 Å². The molecule has 2 aliphatic carbocycles. The van der Waals surface area contributed by atoms with Crippen molar-refractivity contribution in [3.8, 4) is 5.75 Å². The Kier molecular flexibility index (Phi) is 5.56. The molecule has 0 spiro atoms. The summed E-state index contributed by atoms with van der Waals surface area (Å²) < 4.78 is 7.19. The van der Waals surface area contributed by atoms with Crippen LogP contribution in [0, 0.1) is 0 Å². The fraction of sp³-hybridized carbons (Fsp3) is 0.314. The lowest BCUT2D eigenvalue weighted by molar-refractivity contribution is -0.0926. The van der Waals surface area contributed by atoms with Gasteiger partial charge in [-0.1, -0.05) is 123 Å². The largest absolute Gasteiger partial charge is 0.487 e. The first kappa shape index (κ1) is 23.1. The predicted molar refractivity (Wildman–Crippen MR) is 149 cm³/mol. The number of para-hydroxylation sites is 1. The molecule has 0 aliphatic heterocycles. The molecule has 0 radical (unpaired) electrons. The zero-order valence-corrected chi connectivity index (χ0v) is 21.5. The van der Waals surface area contributed by atoms with E-state index in [0.29, 0.717) is 0 Å². The molecule has 0 saturated heterocycles. The molecule has 2 aliphatic rings. The van der Waals surface area contributed by atoms with E-state index >= 15 is 0 Å². The number of fused-ring (bicyclic) bond motifs is 2. The van der Waals surface area contributed by atoms with Gasteiger partial charge >= 0.3 is 0 Å². The minimum absolute atomic E-state index is 0.0156. The summed E-state index contributed by atoms with van der Waals surface area (Å²) >= 11 is 0. The van der Waals surface area contributed by atoms with Gasteiger partial charge in [-0.05, 0) is 71.8 Å². The maximum atomic E-state index is 7.19. The minimum Gasteiger partial charge on any atom is -0.487 e. The van der Waals surface area contributed by atoms with Crippen molar-refractivity contribution in [1.82, 2.24) is 0 Å². The van der Waals surface area contributed by atoms with Crippen LogP contribution in [0.2, 0.25) is 0 Å². The Labute approximate surface area is 216 Å². The van der Waals surface area contributed by atoms with Gasteiger partial charge in [0.05, 0.1) is 0 Å². The summed E-state index contributed by atoms with van der Waals surface area (Å²) in [6, 6.07) is 44.1. The standard InChI is InChI=1S/C35H36O/c1-32(28-15-7-3-8-16-28)23-34(30-19-11-5-12-20-30)24-33(2,29-17-9-4-10-18-29)26-35(25-32,27-34)36-31-21-13-6-14-22-31/h3-22H,23-27H2,1-2H3. The van der Waals surface area contributed by atoms with Crippen molar-refractivity contribution >= 4 is 0 Å². The van der Waals surface area contributed by atoms with Crippen LogP contribution in [-0.4, -0.2) is 5.60 Å². The van der Waals surface area contributed by atoms with Gasteiger partial charge in [-0.25, -0.2) is 0 Å². The SMILES string of the molecule is CC1(c2ccccc2)CC2(Oc3ccccc3)CC(C)(c3ccccc3)CC(c3ccccc3)(C2)C1. The van der Waals surface area contributed by atoms with Crippen LogP contribution in [0.15, 0.2) is 121 Å². The summed E-state index contributed by atoms with van der Waals surface area (Å²) in [5.74, 6) is 0.981. The molecule has 2 atom stereocenters. The Bertz CT molecular complexity index is 1240. The zero-order valence-electron chi connectivity index (χ0n) is 21.5. The smallest absolute Gasteiger partial charge is 0.120 e. The van der Waals surface area contributed by atoms with Crippen LogP contribution >= 0.6 is 0 Å². The topological polar surface area (TPSA) is 9.23 Å². The summed E-state index contributed by atoms with van der Waals surface area (Å²) in [5, 5.41) is 0. The van der Waals surface area contributed by atoms with Crippen molar-refractivity contribution in [2.75, 3.05) is 0 Å². The highest BCUT2D eigenvalue weighted by molar-refractivity contribution is 5.41. The second-order valence-electron chi connectivity index (χ2n) is 12.0. The van der Waals surface area contributed by atoms with Crippen molar-refractivity contribution < 1.29 is 4.74 Å². The first-order valence-electron chi connectivity index (χ1n) is 13.3. The van der Waals surface area contributed by atoms with E-state index in [-0.39, 0.29) is 21.8 Å². The van der Waals surface area contributed by atoms with Gasteiger partial charge < -0.3 is 4.74 Å². The van der Waals surface area contributed by atoms with Crippen molar-refractivity contribution in [2.24, 2.45) is 0 Å². The third kappa shape index (κ3) is 4.05. The second-order valence-corrected chi connectivity index (χ2v) is 12.0. The molecule has 36 heavy (non-hydrogen) atoms. The fourth-order valence-electron chi connectivity index (χ4n) is 8.07. The summed E-state index contributed by atoms with van der Waals surface area (Å²) in [6.45, 7) is 4.96. The molecule has 2 bridgehead atoms. The maximum Gasteiger partial charge on any atom is 0.120 e. The van der Waals surface area contributed by atoms with Gasteiger partial charge in [0.15, 0.2) is 0 Å². The number of rotatable bonds is 5. The van der Waals surface area contributed by atoms with E-state index in [1.807, 2.05) is 0 Å². The first-order valence-corrected chi connectivity index (χ1v) is 13.3. The molecule has 1 nitrogen and oxygen atoms in total. The molecule has 2 saturated carbocycles. The highest BCUT2D eigenvalue weighted by Crippen LogP contribution is 2.64. The molecular weight excluding hydrogens is 436 g/mol. The molecular formula is C35H36O. The number of hydrogen-bond donors (Lipinski definition) is 0. The quantitative estimate of drug-likeness (QED) is 0.282. The van der Waals surface area contributed by atoms with E-state index in [1.165, 1.54) is 16.7 Å². The van der Waals surface area contributed by atoms with Gasteiger partial charge in [-0.2, -0.15) is 0 Å². The summed E-state index contributed by atoms with van der Waals surface area (Å²) in [7, 11) is 0. The zero-order chi connectivity index (χ0) is 24.7. The third-order valence-electron chi connectivity index (χ3n) is 8.95. The Balaban J connectivity index is 1.56. The second kappa shape index (κ2) is 8.66. The Morgan fingerprint density at radius 1 is 0.444 bits per heavy atom. The molecule has 2 fully saturated rings. The summed E-state index contributed by atoms with van der Waals surface area (Å²) in [6.07, 6.45) is 5.31. The minimum atomic E-state index is -0.275. The van der Waals surface area contributed by atoms with Crippen molar-refractivity contribution in [3.63, 3.8) is 0 Å². The van der Waals surface area contributed by atoms with E-state index in [9.17, 15) is 0 Å². The van der Waals surface area contributed by atoms with Gasteiger partial charge in [0.25, 0.3) is 0 Å². The molecule has 0 aromatic heterocycles. The number of ether oxygens (including phenoxy) is 1. The normalized spacial score (nSPS) is 31.5. The van der Waals surface area contributed by atoms with Crippen LogP contribution in [0.4, 0.5) is 0 Å². The molecule has 182 valence electrons. The van der Waals surface area contributed by atoms with Gasteiger partial charge in [-0.15, -0.1) is 0 Å². The number of benzene rings is 4. The first-order chi connectivity index (χ1) is 17.4. The van der Waals surface area contributed by atoms with Gasteiger partial charge in [0.2, 0.25) is 0 Å². The Hall–Kier alpha value is -3.32. The van der Waals surface area contributed by atoms with Crippen molar-refractivity contribution in [3.05, 3.63) is 138 Å². The molecule has 2 unspecified atom stereocenters. The molecule has 0 heterocycles. The lowest BCUT2D eigenvalue weighted by atomic mass is 9.44. The average molecular weight is 473 g/mol. The van der Waals surface area contributed by atoms with Crippen LogP contribution in [0.5, 0.6) is 5.75 Å². The molecule has 4 aromatic carbocycles. The lowest BCUT2D eigenvalue weighted by Gasteiger charge is -2.63. The molecule has 0 N–H and O–H groups in total. The highest BCUT2D eigenvalue weighted by atomic mass is 16.5. The van der Waals surface area contributed by atoms with Crippen LogP contribution in [-0.2, 0) is 16.2 Å². The monoisotopic (exact) mass is 472 g/mol. The van der Waals surface area contributed by atoms with Crippen molar-refractivity contribution in [1.29, 1.82) is 0 Å². The molecule has 6 rings (SSSR count). The van der Waals surface area contributed by atoms with E-state index in [4.69, 9.17) is 4.74 Å². The van der Waals surface area contributed by atoms with Crippen LogP contribution in [0.1, 0.15) is 62.6 Å². The lowest BCUT2D eigenvalue weighted by Crippen LogP contribution is -2.62. The van der Waals surface area contributed by atoms with E-state index in [1.54, 1.807) is 0 Å². The van der Waals surface area contributed by atoms with Crippen LogP contribution < -0.4 is 4.74 Å². The maximum absolute atomic E-state index is 7.19. The molecule has 4 aromatic rings. The Morgan fingerprint density at radius 2 is 0.833 bits per heavy atom. The van der Waals surface area contributed by atoms with Gasteiger partial charge in [0.1, 0.15) is 11.4 Å².